The number of nitrogens with zero attached hydrogens (tertiary/aromatic N) is 3. The molecule has 0 saturated carbocycles. The van der Waals surface area contributed by atoms with Crippen LogP contribution >= 0.6 is 24.0 Å². The second kappa shape index (κ2) is 12.2. The Balaban J connectivity index is 0.00000420. The molecule has 0 aliphatic carbocycles. The molecular formula is C20H30IN5O3. The lowest BCUT2D eigenvalue weighted by Crippen LogP contribution is -2.36. The van der Waals surface area contributed by atoms with E-state index in [9.17, 15) is 0 Å². The quantitative estimate of drug-likeness (QED) is 0.318. The lowest BCUT2D eigenvalue weighted by molar-refractivity contribution is 0.323. The lowest BCUT2D eigenvalue weighted by atomic mass is 10.2. The van der Waals surface area contributed by atoms with Crippen molar-refractivity contribution in [2.75, 3.05) is 47.4 Å². The summed E-state index contributed by atoms with van der Waals surface area (Å²) >= 11 is 0. The second-order valence-electron chi connectivity index (χ2n) is 6.19. The van der Waals surface area contributed by atoms with E-state index in [-0.39, 0.29) is 24.0 Å². The Hall–Kier alpha value is -2.43. The number of aliphatic imine (C=N–C) groups is 1. The maximum atomic E-state index is 5.40. The Morgan fingerprint density at radius 3 is 2.14 bits per heavy atom. The van der Waals surface area contributed by atoms with E-state index in [0.29, 0.717) is 36.3 Å². The van der Waals surface area contributed by atoms with Gasteiger partial charge >= 0.3 is 0 Å². The largest absolute Gasteiger partial charge is 0.493 e. The molecule has 0 amide bonds. The fraction of sp³-hybridized carbons (Fsp3) is 0.400. The van der Waals surface area contributed by atoms with Gasteiger partial charge in [-0.2, -0.15) is 0 Å². The van der Waals surface area contributed by atoms with Gasteiger partial charge in [-0.15, -0.1) is 24.0 Å². The van der Waals surface area contributed by atoms with Crippen LogP contribution in [0.3, 0.4) is 0 Å². The summed E-state index contributed by atoms with van der Waals surface area (Å²) in [7, 11) is 10.5. The predicted molar refractivity (Wildman–Crippen MR) is 127 cm³/mol. The summed E-state index contributed by atoms with van der Waals surface area (Å²) in [5.74, 6) is 3.39. The van der Waals surface area contributed by atoms with E-state index in [0.717, 1.165) is 17.1 Å². The summed E-state index contributed by atoms with van der Waals surface area (Å²) in [5.41, 5.74) is 1.91. The first kappa shape index (κ1) is 24.6. The molecule has 29 heavy (non-hydrogen) atoms. The van der Waals surface area contributed by atoms with E-state index in [2.05, 4.69) is 20.6 Å². The van der Waals surface area contributed by atoms with Gasteiger partial charge < -0.3 is 29.7 Å². The number of hydrogen-bond donors (Lipinski definition) is 2. The first-order valence-corrected chi connectivity index (χ1v) is 8.89. The van der Waals surface area contributed by atoms with Crippen molar-refractivity contribution in [3.8, 4) is 17.2 Å². The summed E-state index contributed by atoms with van der Waals surface area (Å²) in [6.07, 6.45) is 0. The van der Waals surface area contributed by atoms with Gasteiger partial charge in [-0.05, 0) is 29.8 Å². The molecule has 1 aromatic carbocycles. The molecule has 2 aromatic rings. The Bertz CT molecular complexity index is 789. The molecule has 0 fully saturated rings. The van der Waals surface area contributed by atoms with Crippen LogP contribution in [0.2, 0.25) is 0 Å². The maximum Gasteiger partial charge on any atom is 0.203 e. The van der Waals surface area contributed by atoms with Crippen LogP contribution in [0, 0.1) is 0 Å². The van der Waals surface area contributed by atoms with Gasteiger partial charge in [0, 0.05) is 27.7 Å². The number of aromatic nitrogens is 1. The van der Waals surface area contributed by atoms with Crippen LogP contribution in [0.25, 0.3) is 0 Å². The number of benzene rings is 1. The summed E-state index contributed by atoms with van der Waals surface area (Å²) in [4.78, 5) is 10.8. The molecule has 0 aliphatic heterocycles. The monoisotopic (exact) mass is 515 g/mol. The number of anilines is 1. The van der Waals surface area contributed by atoms with Crippen molar-refractivity contribution >= 4 is 35.8 Å². The average molecular weight is 515 g/mol. The van der Waals surface area contributed by atoms with Gasteiger partial charge in [-0.3, -0.25) is 4.99 Å². The Morgan fingerprint density at radius 2 is 1.62 bits per heavy atom. The highest BCUT2D eigenvalue weighted by molar-refractivity contribution is 14.0. The number of pyridine rings is 1. The summed E-state index contributed by atoms with van der Waals surface area (Å²) in [6, 6.07) is 9.76. The average Bonchev–Trinajstić information content (AvgIpc) is 2.73. The maximum absolute atomic E-state index is 5.40. The van der Waals surface area contributed by atoms with Crippen LogP contribution < -0.4 is 29.7 Å². The topological polar surface area (TPSA) is 80.2 Å². The van der Waals surface area contributed by atoms with E-state index < -0.39 is 0 Å². The third-order valence-corrected chi connectivity index (χ3v) is 4.10. The van der Waals surface area contributed by atoms with Crippen molar-refractivity contribution < 1.29 is 14.2 Å². The number of ether oxygens (including phenoxy) is 3. The van der Waals surface area contributed by atoms with Gasteiger partial charge in [0.05, 0.1) is 33.6 Å². The van der Waals surface area contributed by atoms with Gasteiger partial charge in [-0.25, -0.2) is 4.98 Å². The van der Waals surface area contributed by atoms with Crippen LogP contribution in [0.15, 0.2) is 35.3 Å². The zero-order valence-electron chi connectivity index (χ0n) is 17.8. The SMILES string of the molecule is CN=C(NCc1cc(OC)c(OC)c(OC)c1)NCc1cccc(N(C)C)n1.I. The molecule has 8 nitrogen and oxygen atoms in total. The van der Waals surface area contributed by atoms with Crippen molar-refractivity contribution in [3.63, 3.8) is 0 Å². The van der Waals surface area contributed by atoms with Crippen molar-refractivity contribution in [1.82, 2.24) is 15.6 Å². The molecule has 0 bridgehead atoms. The van der Waals surface area contributed by atoms with E-state index >= 15 is 0 Å². The Labute approximate surface area is 189 Å². The van der Waals surface area contributed by atoms with Crippen LogP contribution in [-0.4, -0.2) is 53.4 Å². The number of rotatable bonds is 8. The fourth-order valence-corrected chi connectivity index (χ4v) is 2.63. The minimum atomic E-state index is 0. The second-order valence-corrected chi connectivity index (χ2v) is 6.19. The zero-order chi connectivity index (χ0) is 20.5. The van der Waals surface area contributed by atoms with E-state index in [1.54, 1.807) is 28.4 Å². The molecule has 160 valence electrons. The first-order chi connectivity index (χ1) is 13.5. The van der Waals surface area contributed by atoms with E-state index in [1.165, 1.54) is 0 Å². The number of nitrogens with one attached hydrogen (secondary N) is 2. The van der Waals surface area contributed by atoms with Crippen molar-refractivity contribution in [2.45, 2.75) is 13.1 Å². The smallest absolute Gasteiger partial charge is 0.203 e. The molecule has 0 radical (unpaired) electrons. The summed E-state index contributed by atoms with van der Waals surface area (Å²) in [6.45, 7) is 1.11. The summed E-state index contributed by atoms with van der Waals surface area (Å²) < 4.78 is 16.2. The number of methoxy groups -OCH3 is 3. The number of halogens is 1. The molecule has 2 rings (SSSR count). The molecule has 1 aromatic heterocycles. The van der Waals surface area contributed by atoms with Crippen molar-refractivity contribution in [2.24, 2.45) is 4.99 Å². The van der Waals surface area contributed by atoms with Crippen LogP contribution in [0.4, 0.5) is 5.82 Å². The van der Waals surface area contributed by atoms with Crippen LogP contribution in [0.1, 0.15) is 11.3 Å². The first-order valence-electron chi connectivity index (χ1n) is 8.89. The predicted octanol–water partition coefficient (Wildman–Crippen LogP) is 2.66. The van der Waals surface area contributed by atoms with Gasteiger partial charge in [-0.1, -0.05) is 6.07 Å². The highest BCUT2D eigenvalue weighted by atomic mass is 127. The molecule has 0 saturated heterocycles. The highest BCUT2D eigenvalue weighted by Gasteiger charge is 2.13. The van der Waals surface area contributed by atoms with Gasteiger partial charge in [0.1, 0.15) is 5.82 Å². The number of guanidine groups is 1. The zero-order valence-corrected chi connectivity index (χ0v) is 20.1. The third kappa shape index (κ3) is 6.84. The summed E-state index contributed by atoms with van der Waals surface area (Å²) in [5, 5.41) is 6.55. The standard InChI is InChI=1S/C20H29N5O3.HI/c1-21-20(23-13-15-8-7-9-18(24-15)25(2)3)22-12-14-10-16(26-4)19(28-6)17(11-14)27-5;/h7-11H,12-13H2,1-6H3,(H2,21,22,23);1H. The third-order valence-electron chi connectivity index (χ3n) is 4.10. The molecule has 0 unspecified atom stereocenters. The molecule has 0 atom stereocenters. The fourth-order valence-electron chi connectivity index (χ4n) is 2.63. The molecule has 2 N–H and O–H groups in total. The van der Waals surface area contributed by atoms with Gasteiger partial charge in [0.25, 0.3) is 0 Å². The normalized spacial score (nSPS) is 10.6. The van der Waals surface area contributed by atoms with E-state index in [1.807, 2.05) is 49.3 Å². The Kier molecular flexibility index (Phi) is 10.4. The van der Waals surface area contributed by atoms with Crippen molar-refractivity contribution in [1.29, 1.82) is 0 Å². The van der Waals surface area contributed by atoms with Gasteiger partial charge in [0.15, 0.2) is 17.5 Å². The van der Waals surface area contributed by atoms with Crippen molar-refractivity contribution in [3.05, 3.63) is 41.6 Å². The molecular weight excluding hydrogens is 485 g/mol. The molecule has 1 heterocycles. The van der Waals surface area contributed by atoms with Crippen LogP contribution in [-0.2, 0) is 13.1 Å². The lowest BCUT2D eigenvalue weighted by Gasteiger charge is -2.16. The minimum absolute atomic E-state index is 0. The van der Waals surface area contributed by atoms with Crippen LogP contribution in [0.5, 0.6) is 17.2 Å². The minimum Gasteiger partial charge on any atom is -0.493 e. The molecule has 0 aliphatic rings. The Morgan fingerprint density at radius 1 is 1.00 bits per heavy atom. The van der Waals surface area contributed by atoms with Gasteiger partial charge in [0.2, 0.25) is 5.75 Å². The highest BCUT2D eigenvalue weighted by Crippen LogP contribution is 2.38. The molecule has 0 spiro atoms. The van der Waals surface area contributed by atoms with E-state index in [4.69, 9.17) is 14.2 Å². The molecule has 9 heteroatoms. The number of hydrogen-bond acceptors (Lipinski definition) is 6.